The van der Waals surface area contributed by atoms with Gasteiger partial charge in [0.25, 0.3) is 0 Å². The van der Waals surface area contributed by atoms with Crippen molar-refractivity contribution in [3.05, 3.63) is 0 Å². The van der Waals surface area contributed by atoms with E-state index in [0.717, 1.165) is 96.9 Å². The molecule has 0 saturated carbocycles. The second-order valence-corrected chi connectivity index (χ2v) is 17.9. The van der Waals surface area contributed by atoms with Crippen molar-refractivity contribution in [3.8, 4) is 0 Å². The molecule has 32 heavy (non-hydrogen) atoms. The van der Waals surface area contributed by atoms with Gasteiger partial charge in [-0.1, -0.05) is 0 Å². The molecule has 1 atom stereocenters. The molecule has 1 aliphatic heterocycles. The van der Waals surface area contributed by atoms with Gasteiger partial charge in [-0.2, -0.15) is 0 Å². The Labute approximate surface area is 205 Å². The van der Waals surface area contributed by atoms with E-state index >= 15 is 0 Å². The Balaban J connectivity index is 3.42. The second kappa shape index (κ2) is 16.7. The summed E-state index contributed by atoms with van der Waals surface area (Å²) in [4.78, 5) is 3.69. The van der Waals surface area contributed by atoms with Crippen LogP contribution < -0.4 is 30.6 Å². The molecule has 0 aromatic rings. The molecule has 1 aliphatic rings. The number of nitrogens with one attached hydrogen (secondary N) is 6. The Kier molecular flexibility index (Phi) is 16.3. The Morgan fingerprint density at radius 3 is 1.66 bits per heavy atom. The van der Waals surface area contributed by atoms with E-state index in [9.17, 15) is 0 Å². The number of rotatable bonds is 20. The van der Waals surface area contributed by atoms with Gasteiger partial charge in [0.2, 0.25) is 0 Å². The van der Waals surface area contributed by atoms with Gasteiger partial charge in [-0.15, -0.1) is 0 Å². The molecule has 1 heterocycles. The first-order valence-electron chi connectivity index (χ1n) is 12.9. The standard InChI is InChI=1S/C20H52ClN8P3/c1-6-11-16-22-29-31(23-17-12-7-2,24-18-13-8-3)27-30-28-32(29,21,25-19-14-9-4)26-20-15-10-5/h22-26,28,30H,6-20H2,1-5H3. The van der Waals surface area contributed by atoms with E-state index in [4.69, 9.17) is 15.8 Å². The van der Waals surface area contributed by atoms with Crippen LogP contribution in [0.2, 0.25) is 0 Å². The van der Waals surface area contributed by atoms with Crippen LogP contribution >= 0.6 is 34.2 Å². The molecule has 1 unspecified atom stereocenters. The average molecular weight is 533 g/mol. The predicted octanol–water partition coefficient (Wildman–Crippen LogP) is 6.58. The number of hydrazine groups is 1. The van der Waals surface area contributed by atoms with Crippen LogP contribution in [0.25, 0.3) is 0 Å². The number of nitrogens with zero attached hydrogens (tertiary/aromatic N) is 2. The van der Waals surface area contributed by atoms with Crippen LogP contribution in [0.1, 0.15) is 98.8 Å². The van der Waals surface area contributed by atoms with Gasteiger partial charge in [0.05, 0.1) is 0 Å². The Morgan fingerprint density at radius 2 is 1.19 bits per heavy atom. The third kappa shape index (κ3) is 9.28. The van der Waals surface area contributed by atoms with Crippen molar-refractivity contribution in [2.75, 3.05) is 32.7 Å². The molecule has 6 N–H and O–H groups in total. The molecule has 0 radical (unpaired) electrons. The summed E-state index contributed by atoms with van der Waals surface area (Å²) >= 11 is 7.82. The summed E-state index contributed by atoms with van der Waals surface area (Å²) in [6, 6.07) is 0. The van der Waals surface area contributed by atoms with Crippen LogP contribution in [0, 0.1) is 0 Å². The van der Waals surface area contributed by atoms with Crippen LogP contribution in [0.3, 0.4) is 0 Å². The minimum absolute atomic E-state index is 0.233. The van der Waals surface area contributed by atoms with Crippen LogP contribution in [-0.4, -0.2) is 37.3 Å². The van der Waals surface area contributed by atoms with Crippen molar-refractivity contribution in [1.29, 1.82) is 0 Å². The molecule has 0 bridgehead atoms. The first-order chi connectivity index (χ1) is 15.4. The van der Waals surface area contributed by atoms with Crippen LogP contribution in [0.4, 0.5) is 0 Å². The molecule has 194 valence electrons. The van der Waals surface area contributed by atoms with Gasteiger partial charge in [0.1, 0.15) is 0 Å². The zero-order valence-corrected chi connectivity index (χ0v) is 24.8. The number of unbranched alkanes of at least 4 members (excludes halogenated alkanes) is 5. The molecule has 0 spiro atoms. The molecule has 0 amide bonds. The van der Waals surface area contributed by atoms with E-state index < -0.39 is 14.1 Å². The summed E-state index contributed by atoms with van der Waals surface area (Å²) in [7, 11) is -2.05. The van der Waals surface area contributed by atoms with E-state index in [2.05, 4.69) is 69.8 Å². The summed E-state index contributed by atoms with van der Waals surface area (Å²) in [5.74, 6) is 0. The Hall–Kier alpha value is 1.10. The molecule has 1 rings (SSSR count). The fraction of sp³-hybridized carbons (Fsp3) is 1.00. The first kappa shape index (κ1) is 31.1. The van der Waals surface area contributed by atoms with E-state index in [-0.39, 0.29) is 8.88 Å². The topological polar surface area (TPSA) is 87.8 Å². The number of halogens is 1. The molecule has 0 fully saturated rings. The molecule has 12 heteroatoms. The molecule has 8 nitrogen and oxygen atoms in total. The quantitative estimate of drug-likeness (QED) is 0.0780. The van der Waals surface area contributed by atoms with Gasteiger partial charge in [-0.05, 0) is 0 Å². The molecule has 0 aliphatic carbocycles. The Bertz CT molecular complexity index is 531. The monoisotopic (exact) mass is 532 g/mol. The van der Waals surface area contributed by atoms with E-state index in [1.165, 1.54) is 0 Å². The van der Waals surface area contributed by atoms with Crippen LogP contribution in [-0.2, 0) is 0 Å². The molecule has 0 aromatic heterocycles. The van der Waals surface area contributed by atoms with Gasteiger partial charge < -0.3 is 0 Å². The fourth-order valence-corrected chi connectivity index (χ4v) is 16.0. The SMILES string of the molecule is CCCCNN1P(NCCCC)(NCCCC)=NPNP1(Cl)(NCCCC)NCCCC. The summed E-state index contributed by atoms with van der Waals surface area (Å²) in [6.07, 6.45) is 11.2. The fourth-order valence-electron chi connectivity index (χ4n) is 3.38. The number of hydrogen-bond acceptors (Lipinski definition) is 8. The zero-order chi connectivity index (χ0) is 23.8. The van der Waals surface area contributed by atoms with E-state index in [1.54, 1.807) is 0 Å². The van der Waals surface area contributed by atoms with Gasteiger partial charge in [-0.25, -0.2) is 0 Å². The van der Waals surface area contributed by atoms with Crippen molar-refractivity contribution in [1.82, 2.24) is 35.2 Å². The summed E-state index contributed by atoms with van der Waals surface area (Å²) in [5, 5.41) is 15.4. The maximum absolute atomic E-state index is 7.82. The third-order valence-electron chi connectivity index (χ3n) is 5.45. The second-order valence-electron chi connectivity index (χ2n) is 8.49. The number of hydrogen-bond donors (Lipinski definition) is 6. The van der Waals surface area contributed by atoms with Gasteiger partial charge in [-0.3, -0.25) is 0 Å². The first-order valence-corrected chi connectivity index (χ1v) is 18.6. The van der Waals surface area contributed by atoms with Crippen molar-refractivity contribution < 1.29 is 0 Å². The minimum atomic E-state index is -3.41. The van der Waals surface area contributed by atoms with Gasteiger partial charge >= 0.3 is 205 Å². The average Bonchev–Trinajstić information content (AvgIpc) is 2.77. The van der Waals surface area contributed by atoms with Gasteiger partial charge in [0, 0.05) is 0 Å². The maximum atomic E-state index is 7.82. The summed E-state index contributed by atoms with van der Waals surface area (Å²) in [5.41, 5.74) is 3.76. The van der Waals surface area contributed by atoms with E-state index in [0.29, 0.717) is 0 Å². The van der Waals surface area contributed by atoms with Crippen molar-refractivity contribution in [3.63, 3.8) is 0 Å². The van der Waals surface area contributed by atoms with Crippen molar-refractivity contribution in [2.24, 2.45) is 4.52 Å². The van der Waals surface area contributed by atoms with Crippen molar-refractivity contribution in [2.45, 2.75) is 98.8 Å². The van der Waals surface area contributed by atoms with Crippen LogP contribution in [0.5, 0.6) is 0 Å². The molecule has 0 aromatic carbocycles. The molecular formula is C20H52ClN8P3. The van der Waals surface area contributed by atoms with Gasteiger partial charge in [0.15, 0.2) is 0 Å². The third-order valence-corrected chi connectivity index (χ3v) is 17.6. The van der Waals surface area contributed by atoms with Crippen molar-refractivity contribution >= 4 is 34.2 Å². The molecule has 0 saturated heterocycles. The van der Waals surface area contributed by atoms with Crippen LogP contribution in [0.15, 0.2) is 4.52 Å². The normalized spacial score (nSPS) is 21.8. The molecular weight excluding hydrogens is 481 g/mol. The Morgan fingerprint density at radius 1 is 0.750 bits per heavy atom. The summed E-state index contributed by atoms with van der Waals surface area (Å²) in [6.45, 7) is 12.2. The van der Waals surface area contributed by atoms with E-state index in [1.807, 2.05) is 0 Å². The predicted molar refractivity (Wildman–Crippen MR) is 150 cm³/mol. The summed E-state index contributed by atoms with van der Waals surface area (Å²) < 4.78 is 7.49. The zero-order valence-electron chi connectivity index (χ0n) is 21.3.